The number of nitrogens with one attached hydrogen (secondary N) is 1. The van der Waals surface area contributed by atoms with Crippen LogP contribution in [0.3, 0.4) is 0 Å². The van der Waals surface area contributed by atoms with E-state index in [4.69, 9.17) is 0 Å². The third kappa shape index (κ3) is 3.51. The van der Waals surface area contributed by atoms with Crippen LogP contribution in [0.25, 0.3) is 0 Å². The molecule has 0 amide bonds. The molecule has 0 saturated heterocycles. The zero-order valence-corrected chi connectivity index (χ0v) is 10.1. The predicted octanol–water partition coefficient (Wildman–Crippen LogP) is 2.65. The first-order valence-corrected chi connectivity index (χ1v) is 5.22. The van der Waals surface area contributed by atoms with E-state index in [1.54, 1.807) is 13.1 Å². The SMILES string of the molecule is Cc1cc(NC(C)(C)C)ncc1C(C)O. The van der Waals surface area contributed by atoms with E-state index in [1.165, 1.54) is 0 Å². The first-order valence-electron chi connectivity index (χ1n) is 5.22. The van der Waals surface area contributed by atoms with Crippen LogP contribution in [-0.4, -0.2) is 15.6 Å². The van der Waals surface area contributed by atoms with Gasteiger partial charge in [0.1, 0.15) is 5.82 Å². The molecule has 1 atom stereocenters. The molecule has 2 N–H and O–H groups in total. The highest BCUT2D eigenvalue weighted by Crippen LogP contribution is 2.20. The van der Waals surface area contributed by atoms with Crippen LogP contribution in [-0.2, 0) is 0 Å². The number of rotatable bonds is 2. The van der Waals surface area contributed by atoms with Gasteiger partial charge in [-0.1, -0.05) is 0 Å². The molecular formula is C12H20N2O. The molecule has 1 heterocycles. The quantitative estimate of drug-likeness (QED) is 0.785. The van der Waals surface area contributed by atoms with Gasteiger partial charge < -0.3 is 10.4 Å². The molecule has 1 aromatic heterocycles. The predicted molar refractivity (Wildman–Crippen MR) is 63.0 cm³/mol. The summed E-state index contributed by atoms with van der Waals surface area (Å²) in [6.45, 7) is 10.0. The van der Waals surface area contributed by atoms with Gasteiger partial charge in [-0.2, -0.15) is 0 Å². The Morgan fingerprint density at radius 1 is 1.40 bits per heavy atom. The highest BCUT2D eigenvalue weighted by atomic mass is 16.3. The summed E-state index contributed by atoms with van der Waals surface area (Å²) in [6.07, 6.45) is 1.27. The van der Waals surface area contributed by atoms with Crippen LogP contribution in [0.5, 0.6) is 0 Å². The fourth-order valence-corrected chi connectivity index (χ4v) is 1.46. The molecule has 0 radical (unpaired) electrons. The second-order valence-corrected chi connectivity index (χ2v) is 4.98. The number of aliphatic hydroxyl groups excluding tert-OH is 1. The van der Waals surface area contributed by atoms with Crippen LogP contribution >= 0.6 is 0 Å². The first-order chi connectivity index (χ1) is 6.79. The first kappa shape index (κ1) is 12.0. The van der Waals surface area contributed by atoms with Crippen molar-refractivity contribution < 1.29 is 5.11 Å². The average Bonchev–Trinajstić information content (AvgIpc) is 1.99. The van der Waals surface area contributed by atoms with E-state index in [-0.39, 0.29) is 5.54 Å². The third-order valence-electron chi connectivity index (χ3n) is 2.10. The number of anilines is 1. The van der Waals surface area contributed by atoms with E-state index < -0.39 is 6.10 Å². The maximum atomic E-state index is 9.47. The second kappa shape index (κ2) is 4.19. The van der Waals surface area contributed by atoms with E-state index in [0.717, 1.165) is 16.9 Å². The second-order valence-electron chi connectivity index (χ2n) is 4.98. The van der Waals surface area contributed by atoms with Crippen LogP contribution in [0.1, 0.15) is 44.9 Å². The third-order valence-corrected chi connectivity index (χ3v) is 2.10. The molecule has 0 bridgehead atoms. The molecule has 0 aromatic carbocycles. The lowest BCUT2D eigenvalue weighted by molar-refractivity contribution is 0.198. The van der Waals surface area contributed by atoms with Gasteiger partial charge in [0.25, 0.3) is 0 Å². The number of aliphatic hydroxyl groups is 1. The topological polar surface area (TPSA) is 45.2 Å². The summed E-state index contributed by atoms with van der Waals surface area (Å²) >= 11 is 0. The Labute approximate surface area is 91.5 Å². The van der Waals surface area contributed by atoms with Crippen molar-refractivity contribution in [3.63, 3.8) is 0 Å². The van der Waals surface area contributed by atoms with E-state index >= 15 is 0 Å². The van der Waals surface area contributed by atoms with Crippen LogP contribution < -0.4 is 5.32 Å². The van der Waals surface area contributed by atoms with Crippen LogP contribution in [0.2, 0.25) is 0 Å². The summed E-state index contributed by atoms with van der Waals surface area (Å²) in [6, 6.07) is 1.97. The van der Waals surface area contributed by atoms with E-state index in [1.807, 2.05) is 13.0 Å². The van der Waals surface area contributed by atoms with Crippen molar-refractivity contribution >= 4 is 5.82 Å². The minimum atomic E-state index is -0.457. The highest BCUT2D eigenvalue weighted by Gasteiger charge is 2.12. The van der Waals surface area contributed by atoms with E-state index in [0.29, 0.717) is 0 Å². The zero-order valence-electron chi connectivity index (χ0n) is 10.1. The number of hydrogen-bond donors (Lipinski definition) is 2. The maximum Gasteiger partial charge on any atom is 0.126 e. The van der Waals surface area contributed by atoms with Gasteiger partial charge in [0.15, 0.2) is 0 Å². The Morgan fingerprint density at radius 2 is 2.00 bits per heavy atom. The van der Waals surface area contributed by atoms with E-state index in [9.17, 15) is 5.11 Å². The molecule has 1 aromatic rings. The van der Waals surface area contributed by atoms with Crippen LogP contribution in [0, 0.1) is 6.92 Å². The maximum absolute atomic E-state index is 9.47. The zero-order chi connectivity index (χ0) is 11.6. The Morgan fingerprint density at radius 3 is 2.40 bits per heavy atom. The molecule has 0 fully saturated rings. The van der Waals surface area contributed by atoms with Gasteiger partial charge in [0, 0.05) is 17.3 Å². The normalized spacial score (nSPS) is 13.7. The fraction of sp³-hybridized carbons (Fsp3) is 0.583. The smallest absolute Gasteiger partial charge is 0.126 e. The molecule has 0 aliphatic rings. The minimum Gasteiger partial charge on any atom is -0.389 e. The average molecular weight is 208 g/mol. The molecule has 0 saturated carbocycles. The van der Waals surface area contributed by atoms with Gasteiger partial charge in [-0.3, -0.25) is 0 Å². The van der Waals surface area contributed by atoms with Crippen molar-refractivity contribution in [3.05, 3.63) is 23.4 Å². The Bertz CT molecular complexity index is 340. The van der Waals surface area contributed by atoms with Gasteiger partial charge in [0.05, 0.1) is 6.10 Å². The summed E-state index contributed by atoms with van der Waals surface area (Å²) < 4.78 is 0. The fourth-order valence-electron chi connectivity index (χ4n) is 1.46. The summed E-state index contributed by atoms with van der Waals surface area (Å²) in [4.78, 5) is 4.28. The van der Waals surface area contributed by atoms with Gasteiger partial charge in [-0.05, 0) is 46.2 Å². The summed E-state index contributed by atoms with van der Waals surface area (Å²) in [5, 5.41) is 12.8. The Hall–Kier alpha value is -1.09. The molecule has 1 unspecified atom stereocenters. The van der Waals surface area contributed by atoms with Crippen molar-refractivity contribution in [3.8, 4) is 0 Å². The summed E-state index contributed by atoms with van der Waals surface area (Å²) in [5.41, 5.74) is 1.95. The molecule has 3 heteroatoms. The molecule has 1 rings (SSSR count). The lowest BCUT2D eigenvalue weighted by atomic mass is 10.1. The van der Waals surface area contributed by atoms with Gasteiger partial charge in [0.2, 0.25) is 0 Å². The Kier molecular flexibility index (Phi) is 3.35. The molecular weight excluding hydrogens is 188 g/mol. The van der Waals surface area contributed by atoms with Crippen molar-refractivity contribution in [2.75, 3.05) is 5.32 Å². The lowest BCUT2D eigenvalue weighted by Crippen LogP contribution is -2.26. The standard InChI is InChI=1S/C12H20N2O/c1-8-6-11(14-12(3,4)5)13-7-10(8)9(2)15/h6-7,9,15H,1-5H3,(H,13,14). The van der Waals surface area contributed by atoms with Crippen LogP contribution in [0.4, 0.5) is 5.82 Å². The van der Waals surface area contributed by atoms with Crippen molar-refractivity contribution in [1.82, 2.24) is 4.98 Å². The molecule has 3 nitrogen and oxygen atoms in total. The van der Waals surface area contributed by atoms with Gasteiger partial charge in [-0.25, -0.2) is 4.98 Å². The molecule has 84 valence electrons. The largest absolute Gasteiger partial charge is 0.389 e. The number of aromatic nitrogens is 1. The molecule has 0 spiro atoms. The number of hydrogen-bond acceptors (Lipinski definition) is 3. The van der Waals surface area contributed by atoms with Crippen LogP contribution in [0.15, 0.2) is 12.3 Å². The molecule has 0 aliphatic carbocycles. The van der Waals surface area contributed by atoms with Gasteiger partial charge >= 0.3 is 0 Å². The van der Waals surface area contributed by atoms with Crippen molar-refractivity contribution in [2.45, 2.75) is 46.3 Å². The summed E-state index contributed by atoms with van der Waals surface area (Å²) in [5.74, 6) is 0.851. The highest BCUT2D eigenvalue weighted by molar-refractivity contribution is 5.42. The number of aryl methyl sites for hydroxylation is 1. The number of pyridine rings is 1. The molecule has 0 aliphatic heterocycles. The Balaban J connectivity index is 2.92. The van der Waals surface area contributed by atoms with E-state index in [2.05, 4.69) is 31.1 Å². The number of nitrogens with zero attached hydrogens (tertiary/aromatic N) is 1. The van der Waals surface area contributed by atoms with Crippen molar-refractivity contribution in [1.29, 1.82) is 0 Å². The summed E-state index contributed by atoms with van der Waals surface area (Å²) in [7, 11) is 0. The minimum absolute atomic E-state index is 0.00574. The van der Waals surface area contributed by atoms with Crippen molar-refractivity contribution in [2.24, 2.45) is 0 Å². The molecule has 15 heavy (non-hydrogen) atoms. The lowest BCUT2D eigenvalue weighted by Gasteiger charge is -2.22. The van der Waals surface area contributed by atoms with Gasteiger partial charge in [-0.15, -0.1) is 0 Å². The monoisotopic (exact) mass is 208 g/mol.